The van der Waals surface area contributed by atoms with E-state index in [1.165, 1.54) is 32.1 Å². The second-order valence-corrected chi connectivity index (χ2v) is 7.63. The Balaban J connectivity index is 1.48. The van der Waals surface area contributed by atoms with Crippen molar-refractivity contribution in [3.63, 3.8) is 0 Å². The number of amides is 1. The standard InChI is InChI=1S/C17H32N2O2/c1-17(2,3)19-16(20)14-12-15(14)21-11-7-10-18-13-8-5-4-6-9-13/h13-15,18H,4-12H2,1-3H3,(H,19,20)/t14-,15-/m0/s1. The molecule has 0 bridgehead atoms. The van der Waals surface area contributed by atoms with Gasteiger partial charge in [0.25, 0.3) is 0 Å². The van der Waals surface area contributed by atoms with Crippen molar-refractivity contribution >= 4 is 5.91 Å². The van der Waals surface area contributed by atoms with E-state index in [9.17, 15) is 4.79 Å². The average molecular weight is 296 g/mol. The van der Waals surface area contributed by atoms with Crippen LogP contribution in [-0.4, -0.2) is 36.7 Å². The number of ether oxygens (including phenoxy) is 1. The van der Waals surface area contributed by atoms with Crippen LogP contribution in [0.3, 0.4) is 0 Å². The minimum absolute atomic E-state index is 0.0792. The summed E-state index contributed by atoms with van der Waals surface area (Å²) < 4.78 is 5.79. The van der Waals surface area contributed by atoms with E-state index in [4.69, 9.17) is 4.74 Å². The minimum Gasteiger partial charge on any atom is -0.377 e. The van der Waals surface area contributed by atoms with Gasteiger partial charge in [0.05, 0.1) is 12.0 Å². The van der Waals surface area contributed by atoms with Crippen molar-refractivity contribution in [3.05, 3.63) is 0 Å². The molecule has 0 aromatic heterocycles. The highest BCUT2D eigenvalue weighted by atomic mass is 16.5. The lowest BCUT2D eigenvalue weighted by Crippen LogP contribution is -2.42. The Kier molecular flexibility index (Phi) is 6.06. The highest BCUT2D eigenvalue weighted by molar-refractivity contribution is 5.82. The highest BCUT2D eigenvalue weighted by Gasteiger charge is 2.44. The molecule has 0 aliphatic heterocycles. The Hall–Kier alpha value is -0.610. The lowest BCUT2D eigenvalue weighted by atomic mass is 9.95. The van der Waals surface area contributed by atoms with Crippen LogP contribution in [0.15, 0.2) is 0 Å². The summed E-state index contributed by atoms with van der Waals surface area (Å²) in [5.74, 6) is 0.225. The van der Waals surface area contributed by atoms with Gasteiger partial charge >= 0.3 is 0 Å². The zero-order valence-corrected chi connectivity index (χ0v) is 13.9. The Morgan fingerprint density at radius 3 is 2.57 bits per heavy atom. The largest absolute Gasteiger partial charge is 0.377 e. The average Bonchev–Trinajstić information content (AvgIpc) is 3.17. The predicted octanol–water partition coefficient (Wildman–Crippen LogP) is 2.62. The van der Waals surface area contributed by atoms with Crippen molar-refractivity contribution in [3.8, 4) is 0 Å². The second-order valence-electron chi connectivity index (χ2n) is 7.63. The maximum absolute atomic E-state index is 11.9. The fourth-order valence-corrected chi connectivity index (χ4v) is 3.01. The van der Waals surface area contributed by atoms with Gasteiger partial charge in [-0.3, -0.25) is 4.79 Å². The summed E-state index contributed by atoms with van der Waals surface area (Å²) in [6.45, 7) is 7.85. The Morgan fingerprint density at radius 1 is 1.19 bits per heavy atom. The van der Waals surface area contributed by atoms with Gasteiger partial charge in [-0.25, -0.2) is 0 Å². The maximum atomic E-state index is 11.9. The molecule has 2 atom stereocenters. The predicted molar refractivity (Wildman–Crippen MR) is 85.2 cm³/mol. The van der Waals surface area contributed by atoms with Gasteiger partial charge in [0.15, 0.2) is 0 Å². The van der Waals surface area contributed by atoms with Gasteiger partial charge in [-0.15, -0.1) is 0 Å². The van der Waals surface area contributed by atoms with Gasteiger partial charge < -0.3 is 15.4 Å². The Bertz CT molecular complexity index is 332. The molecule has 0 saturated heterocycles. The lowest BCUT2D eigenvalue weighted by Gasteiger charge is -2.22. The summed E-state index contributed by atoms with van der Waals surface area (Å²) in [6.07, 6.45) is 8.90. The van der Waals surface area contributed by atoms with E-state index in [1.54, 1.807) is 0 Å². The number of hydrogen-bond donors (Lipinski definition) is 2. The Morgan fingerprint density at radius 2 is 1.90 bits per heavy atom. The van der Waals surface area contributed by atoms with Crippen molar-refractivity contribution in [2.75, 3.05) is 13.2 Å². The normalized spacial score (nSPS) is 26.6. The number of rotatable bonds is 7. The molecular weight excluding hydrogens is 264 g/mol. The van der Waals surface area contributed by atoms with Crippen molar-refractivity contribution in [2.24, 2.45) is 5.92 Å². The van der Waals surface area contributed by atoms with Crippen molar-refractivity contribution in [1.29, 1.82) is 0 Å². The van der Waals surface area contributed by atoms with E-state index in [1.807, 2.05) is 20.8 Å². The molecule has 0 radical (unpaired) electrons. The second kappa shape index (κ2) is 7.59. The molecule has 2 aliphatic carbocycles. The van der Waals surface area contributed by atoms with E-state index in [0.717, 1.165) is 32.0 Å². The smallest absolute Gasteiger partial charge is 0.226 e. The molecule has 1 amide bonds. The van der Waals surface area contributed by atoms with Crippen LogP contribution in [0.5, 0.6) is 0 Å². The molecule has 0 spiro atoms. The molecule has 0 aromatic rings. The van der Waals surface area contributed by atoms with Gasteiger partial charge in [0.1, 0.15) is 0 Å². The zero-order valence-electron chi connectivity index (χ0n) is 13.9. The molecular formula is C17H32N2O2. The number of carbonyl (C=O) groups is 1. The van der Waals surface area contributed by atoms with E-state index in [-0.39, 0.29) is 23.5 Å². The van der Waals surface area contributed by atoms with Crippen LogP contribution >= 0.6 is 0 Å². The summed E-state index contributed by atoms with van der Waals surface area (Å²) >= 11 is 0. The number of nitrogens with one attached hydrogen (secondary N) is 2. The molecule has 2 fully saturated rings. The lowest BCUT2D eigenvalue weighted by molar-refractivity contribution is -0.124. The summed E-state index contributed by atoms with van der Waals surface area (Å²) in [7, 11) is 0. The van der Waals surface area contributed by atoms with Gasteiger partial charge in [-0.2, -0.15) is 0 Å². The Labute approximate surface area is 129 Å². The summed E-state index contributed by atoms with van der Waals surface area (Å²) in [5, 5.41) is 6.65. The highest BCUT2D eigenvalue weighted by Crippen LogP contribution is 2.34. The van der Waals surface area contributed by atoms with E-state index >= 15 is 0 Å². The quantitative estimate of drug-likeness (QED) is 0.710. The SMILES string of the molecule is CC(C)(C)NC(=O)[C@H]1C[C@@H]1OCCCNC1CCCCC1. The molecule has 0 unspecified atom stereocenters. The molecule has 0 heterocycles. The maximum Gasteiger partial charge on any atom is 0.226 e. The monoisotopic (exact) mass is 296 g/mol. The van der Waals surface area contributed by atoms with Crippen LogP contribution in [0.25, 0.3) is 0 Å². The van der Waals surface area contributed by atoms with Gasteiger partial charge in [-0.1, -0.05) is 19.3 Å². The van der Waals surface area contributed by atoms with Crippen LogP contribution in [-0.2, 0) is 9.53 Å². The van der Waals surface area contributed by atoms with Gasteiger partial charge in [0, 0.05) is 18.2 Å². The summed E-state index contributed by atoms with van der Waals surface area (Å²) in [6, 6.07) is 0.727. The molecule has 4 nitrogen and oxygen atoms in total. The molecule has 2 saturated carbocycles. The topological polar surface area (TPSA) is 50.4 Å². The van der Waals surface area contributed by atoms with Crippen molar-refractivity contribution in [2.45, 2.75) is 83.4 Å². The molecule has 21 heavy (non-hydrogen) atoms. The molecule has 4 heteroatoms. The third-order valence-electron chi connectivity index (χ3n) is 4.26. The summed E-state index contributed by atoms with van der Waals surface area (Å²) in [4.78, 5) is 11.9. The molecule has 2 aliphatic rings. The first-order valence-corrected chi connectivity index (χ1v) is 8.63. The first-order chi connectivity index (χ1) is 9.96. The molecule has 2 N–H and O–H groups in total. The minimum atomic E-state index is -0.145. The van der Waals surface area contributed by atoms with Gasteiger partial charge in [0.2, 0.25) is 5.91 Å². The zero-order chi connectivity index (χ0) is 15.3. The van der Waals surface area contributed by atoms with Crippen LogP contribution in [0, 0.1) is 5.92 Å². The van der Waals surface area contributed by atoms with E-state index in [0.29, 0.717) is 0 Å². The van der Waals surface area contributed by atoms with E-state index < -0.39 is 0 Å². The fraction of sp³-hybridized carbons (Fsp3) is 0.941. The number of hydrogen-bond acceptors (Lipinski definition) is 3. The van der Waals surface area contributed by atoms with Crippen LogP contribution in [0.4, 0.5) is 0 Å². The molecule has 2 rings (SSSR count). The first-order valence-electron chi connectivity index (χ1n) is 8.63. The fourth-order valence-electron chi connectivity index (χ4n) is 3.01. The van der Waals surface area contributed by atoms with E-state index in [2.05, 4.69) is 10.6 Å². The van der Waals surface area contributed by atoms with Gasteiger partial charge in [-0.05, 0) is 53.0 Å². The third-order valence-corrected chi connectivity index (χ3v) is 4.26. The van der Waals surface area contributed by atoms with Crippen LogP contribution in [0.2, 0.25) is 0 Å². The van der Waals surface area contributed by atoms with Crippen LogP contribution in [0.1, 0.15) is 65.7 Å². The first kappa shape index (κ1) is 16.8. The molecule has 122 valence electrons. The summed E-state index contributed by atoms with van der Waals surface area (Å²) in [5.41, 5.74) is -0.145. The van der Waals surface area contributed by atoms with Crippen LogP contribution < -0.4 is 10.6 Å². The number of carbonyl (C=O) groups excluding carboxylic acids is 1. The van der Waals surface area contributed by atoms with Crippen molar-refractivity contribution < 1.29 is 9.53 Å². The van der Waals surface area contributed by atoms with Crippen molar-refractivity contribution in [1.82, 2.24) is 10.6 Å². The molecule has 0 aromatic carbocycles. The third kappa shape index (κ3) is 6.35.